The third-order valence-corrected chi connectivity index (χ3v) is 9.23. The maximum Gasteiger partial charge on any atom is 0.303 e. The highest BCUT2D eigenvalue weighted by Gasteiger charge is 2.28. The van der Waals surface area contributed by atoms with Gasteiger partial charge in [-0.05, 0) is 110 Å². The molecule has 2 aliphatic heterocycles. The second kappa shape index (κ2) is 11.6. The molecule has 0 aliphatic carbocycles. The third kappa shape index (κ3) is 5.38. The third-order valence-electron chi connectivity index (χ3n) is 9.23. The maximum atomic E-state index is 11.6. The number of aromatic amines is 3. The number of hydrogen-bond donors (Lipinski definition) is 6. The summed E-state index contributed by atoms with van der Waals surface area (Å²) in [5.74, 6) is -1.37. The first-order valence-corrected chi connectivity index (χ1v) is 15.0. The standard InChI is InChI=1S/C34H42N4O4/c1-7-21-17(3)25-13-26-19(5)23(9-11-33(39)40)31(37-26)16-32-24(10-12-34(41)42)20(6)28(38-32)15-30-22(8-2)18(4)27(36-30)14-29(21)35-25/h13-16,18,27,35-38H,7-12H2,1-6H3,(H,39,40)(H,41,42)/b25-13-,28-15-,29-14-,32-16-/t18?,27-/m0/s1. The minimum Gasteiger partial charge on any atom is -0.481 e. The molecule has 42 heavy (non-hydrogen) atoms. The van der Waals surface area contributed by atoms with Crippen LogP contribution in [0.5, 0.6) is 0 Å². The average Bonchev–Trinajstić information content (AvgIpc) is 3.59. The molecule has 0 saturated heterocycles. The Morgan fingerprint density at radius 1 is 0.714 bits per heavy atom. The summed E-state index contributed by atoms with van der Waals surface area (Å²) < 4.78 is 0. The summed E-state index contributed by atoms with van der Waals surface area (Å²) in [6, 6.07) is 0.129. The number of fused-ring (bicyclic) bond motifs is 8. The highest BCUT2D eigenvalue weighted by molar-refractivity contribution is 5.69. The average molecular weight is 571 g/mol. The molecule has 2 atom stereocenters. The van der Waals surface area contributed by atoms with Crippen molar-refractivity contribution in [2.45, 2.75) is 86.1 Å². The summed E-state index contributed by atoms with van der Waals surface area (Å²) in [5, 5.41) is 26.7. The second-order valence-electron chi connectivity index (χ2n) is 11.7. The molecule has 0 amide bonds. The quantitative estimate of drug-likeness (QED) is 0.248. The predicted molar refractivity (Wildman–Crippen MR) is 166 cm³/mol. The van der Waals surface area contributed by atoms with Crippen LogP contribution in [0.25, 0.3) is 24.3 Å². The Kier molecular flexibility index (Phi) is 8.08. The molecule has 0 fully saturated rings. The number of rotatable bonds is 8. The summed E-state index contributed by atoms with van der Waals surface area (Å²) in [4.78, 5) is 34.0. The first-order chi connectivity index (χ1) is 20.0. The summed E-state index contributed by atoms with van der Waals surface area (Å²) in [6.45, 7) is 12.9. The zero-order valence-corrected chi connectivity index (χ0v) is 25.4. The molecule has 3 aromatic heterocycles. The Morgan fingerprint density at radius 2 is 1.31 bits per heavy atom. The van der Waals surface area contributed by atoms with Gasteiger partial charge in [-0.1, -0.05) is 20.8 Å². The molecule has 8 nitrogen and oxygen atoms in total. The van der Waals surface area contributed by atoms with Gasteiger partial charge in [0.2, 0.25) is 0 Å². The molecular weight excluding hydrogens is 528 g/mol. The van der Waals surface area contributed by atoms with Crippen LogP contribution in [0.2, 0.25) is 0 Å². The molecule has 5 heterocycles. The van der Waals surface area contributed by atoms with Crippen molar-refractivity contribution in [1.82, 2.24) is 20.3 Å². The molecule has 0 spiro atoms. The Morgan fingerprint density at radius 3 is 1.95 bits per heavy atom. The van der Waals surface area contributed by atoms with E-state index in [0.717, 1.165) is 73.6 Å². The number of carboxylic acids is 2. The largest absolute Gasteiger partial charge is 0.481 e. The zero-order chi connectivity index (χ0) is 30.3. The first kappa shape index (κ1) is 29.3. The van der Waals surface area contributed by atoms with Crippen LogP contribution in [-0.4, -0.2) is 43.1 Å². The van der Waals surface area contributed by atoms with Crippen LogP contribution in [0, 0.1) is 26.7 Å². The number of allylic oxidation sites excluding steroid dienone is 1. The summed E-state index contributed by atoms with van der Waals surface area (Å²) in [6.07, 6.45) is 11.3. The van der Waals surface area contributed by atoms with Gasteiger partial charge in [-0.25, -0.2) is 0 Å². The van der Waals surface area contributed by atoms with Gasteiger partial charge in [0.25, 0.3) is 0 Å². The van der Waals surface area contributed by atoms with Crippen LogP contribution in [0.15, 0.2) is 11.3 Å². The lowest BCUT2D eigenvalue weighted by Gasteiger charge is -2.14. The van der Waals surface area contributed by atoms with Gasteiger partial charge in [0.1, 0.15) is 0 Å². The zero-order valence-electron chi connectivity index (χ0n) is 25.4. The van der Waals surface area contributed by atoms with Crippen molar-refractivity contribution < 1.29 is 19.8 Å². The maximum absolute atomic E-state index is 11.6. The van der Waals surface area contributed by atoms with Gasteiger partial charge < -0.3 is 30.5 Å². The van der Waals surface area contributed by atoms with E-state index in [-0.39, 0.29) is 18.9 Å². The van der Waals surface area contributed by atoms with Crippen LogP contribution < -0.4 is 26.7 Å². The highest BCUT2D eigenvalue weighted by atomic mass is 16.4. The summed E-state index contributed by atoms with van der Waals surface area (Å²) in [5.41, 5.74) is 10.7. The van der Waals surface area contributed by atoms with Gasteiger partial charge in [-0.3, -0.25) is 9.59 Å². The van der Waals surface area contributed by atoms with E-state index in [4.69, 9.17) is 0 Å². The first-order valence-electron chi connectivity index (χ1n) is 15.0. The monoisotopic (exact) mass is 570 g/mol. The minimum absolute atomic E-state index is 0.0213. The smallest absolute Gasteiger partial charge is 0.303 e. The van der Waals surface area contributed by atoms with Crippen molar-refractivity contribution in [3.8, 4) is 0 Å². The lowest BCUT2D eigenvalue weighted by molar-refractivity contribution is -0.138. The lowest BCUT2D eigenvalue weighted by Crippen LogP contribution is -2.29. The minimum atomic E-state index is -0.843. The van der Waals surface area contributed by atoms with Crippen molar-refractivity contribution in [2.75, 3.05) is 0 Å². The van der Waals surface area contributed by atoms with Crippen LogP contribution in [-0.2, 0) is 28.9 Å². The molecule has 0 aromatic carbocycles. The fourth-order valence-corrected chi connectivity index (χ4v) is 6.73. The van der Waals surface area contributed by atoms with Gasteiger partial charge in [0.05, 0.1) is 6.04 Å². The van der Waals surface area contributed by atoms with E-state index in [1.807, 2.05) is 19.9 Å². The van der Waals surface area contributed by atoms with Gasteiger partial charge in [-0.2, -0.15) is 0 Å². The SMILES string of the molecule is CCC1=C2/C=c3\[nH]/c(c(CCC(=O)O)c3C)=C\c3[nH]c(c(C)c3CCC(=O)O)/C=c3\[nH]/c(c(CC)c3C)=C\[C@H](N2)C1C. The highest BCUT2D eigenvalue weighted by Crippen LogP contribution is 2.30. The number of H-pyrrole nitrogens is 3. The summed E-state index contributed by atoms with van der Waals surface area (Å²) in [7, 11) is 0. The van der Waals surface area contributed by atoms with E-state index in [2.05, 4.69) is 66.2 Å². The van der Waals surface area contributed by atoms with Crippen molar-refractivity contribution >= 4 is 36.2 Å². The molecule has 5 rings (SSSR count). The Labute approximate surface area is 245 Å². The second-order valence-corrected chi connectivity index (χ2v) is 11.7. The van der Waals surface area contributed by atoms with Crippen LogP contribution >= 0.6 is 0 Å². The number of carboxylic acid groups (broad SMARTS) is 2. The van der Waals surface area contributed by atoms with E-state index in [0.29, 0.717) is 18.8 Å². The number of nitrogens with one attached hydrogen (secondary N) is 4. The molecule has 0 saturated carbocycles. The topological polar surface area (TPSA) is 134 Å². The molecule has 6 N–H and O–H groups in total. The molecule has 8 heteroatoms. The molecule has 0 radical (unpaired) electrons. The molecule has 8 bridgehead atoms. The van der Waals surface area contributed by atoms with Crippen molar-refractivity contribution in [1.29, 1.82) is 0 Å². The lowest BCUT2D eigenvalue weighted by atomic mass is 9.93. The van der Waals surface area contributed by atoms with Gasteiger partial charge in [-0.15, -0.1) is 0 Å². The molecular formula is C34H42N4O4. The number of aromatic nitrogens is 3. The van der Waals surface area contributed by atoms with E-state index < -0.39 is 11.9 Å². The number of hydrogen-bond acceptors (Lipinski definition) is 3. The molecule has 2 aliphatic rings. The fraction of sp³-hybridized carbons (Fsp3) is 0.412. The van der Waals surface area contributed by atoms with Gasteiger partial charge in [0.15, 0.2) is 0 Å². The summed E-state index contributed by atoms with van der Waals surface area (Å²) >= 11 is 0. The van der Waals surface area contributed by atoms with Crippen LogP contribution in [0.4, 0.5) is 0 Å². The Balaban J connectivity index is 1.86. The normalized spacial score (nSPS) is 20.9. The Bertz CT molecular complexity index is 1850. The fourth-order valence-electron chi connectivity index (χ4n) is 6.73. The van der Waals surface area contributed by atoms with Crippen molar-refractivity contribution in [3.63, 3.8) is 0 Å². The predicted octanol–water partition coefficient (Wildman–Crippen LogP) is 2.70. The van der Waals surface area contributed by atoms with E-state index in [9.17, 15) is 19.8 Å². The van der Waals surface area contributed by atoms with E-state index >= 15 is 0 Å². The van der Waals surface area contributed by atoms with Crippen LogP contribution in [0.1, 0.15) is 84.8 Å². The van der Waals surface area contributed by atoms with Crippen molar-refractivity contribution in [3.05, 3.63) is 77.4 Å². The molecule has 222 valence electrons. The Hall–Kier alpha value is -4.20. The van der Waals surface area contributed by atoms with Crippen molar-refractivity contribution in [2.24, 2.45) is 5.92 Å². The number of aliphatic carboxylic acids is 2. The molecule has 3 aromatic rings. The van der Waals surface area contributed by atoms with Gasteiger partial charge in [0, 0.05) is 57.2 Å². The van der Waals surface area contributed by atoms with Gasteiger partial charge >= 0.3 is 11.9 Å². The van der Waals surface area contributed by atoms with Crippen LogP contribution in [0.3, 0.4) is 0 Å². The molecule has 1 unspecified atom stereocenters. The van der Waals surface area contributed by atoms with E-state index in [1.165, 1.54) is 16.7 Å². The number of carbonyl (C=O) groups is 2. The van der Waals surface area contributed by atoms with E-state index in [1.54, 1.807) is 0 Å².